The van der Waals surface area contributed by atoms with E-state index in [1.807, 2.05) is 0 Å². The van der Waals surface area contributed by atoms with Crippen LogP contribution in [0.5, 0.6) is 11.6 Å². The number of benzene rings is 1. The van der Waals surface area contributed by atoms with Crippen molar-refractivity contribution in [3.63, 3.8) is 0 Å². The lowest BCUT2D eigenvalue weighted by atomic mass is 9.92. The van der Waals surface area contributed by atoms with Crippen molar-refractivity contribution in [3.8, 4) is 11.6 Å². The molecule has 1 amide bonds. The van der Waals surface area contributed by atoms with Gasteiger partial charge in [0.15, 0.2) is 5.69 Å². The molecule has 1 fully saturated rings. The van der Waals surface area contributed by atoms with E-state index in [0.717, 1.165) is 12.8 Å². The Balaban J connectivity index is 0.00000261. The predicted octanol–water partition coefficient (Wildman–Crippen LogP) is 4.20. The van der Waals surface area contributed by atoms with Gasteiger partial charge in [0.25, 0.3) is 5.91 Å². The Kier molecular flexibility index (Phi) is 7.68. The van der Waals surface area contributed by atoms with Gasteiger partial charge >= 0.3 is 0 Å². The van der Waals surface area contributed by atoms with Crippen LogP contribution in [0, 0.1) is 5.92 Å². The Hall–Kier alpha value is -1.60. The Bertz CT molecular complexity index is 789. The van der Waals surface area contributed by atoms with Crippen molar-refractivity contribution in [1.29, 1.82) is 0 Å². The minimum absolute atomic E-state index is 0. The minimum Gasteiger partial charge on any atom is -0.436 e. The van der Waals surface area contributed by atoms with E-state index in [-0.39, 0.29) is 35.9 Å². The number of amides is 1. The van der Waals surface area contributed by atoms with E-state index in [9.17, 15) is 4.79 Å². The van der Waals surface area contributed by atoms with Crippen LogP contribution in [-0.4, -0.2) is 40.1 Å². The van der Waals surface area contributed by atoms with Crippen LogP contribution >= 0.6 is 35.6 Å². The second-order valence-electron chi connectivity index (χ2n) is 6.43. The van der Waals surface area contributed by atoms with E-state index in [2.05, 4.69) is 17.1 Å². The molecule has 1 aliphatic heterocycles. The highest BCUT2D eigenvalue weighted by Gasteiger charge is 2.30. The molecule has 0 radical (unpaired) electrons. The van der Waals surface area contributed by atoms with Crippen molar-refractivity contribution in [2.24, 2.45) is 11.7 Å². The molecule has 9 heteroatoms. The van der Waals surface area contributed by atoms with Crippen LogP contribution in [0.2, 0.25) is 10.0 Å². The van der Waals surface area contributed by atoms with Crippen LogP contribution in [0.25, 0.3) is 0 Å². The molecule has 2 unspecified atom stereocenters. The van der Waals surface area contributed by atoms with Gasteiger partial charge in [-0.05, 0) is 37.0 Å². The second-order valence-corrected chi connectivity index (χ2v) is 7.21. The standard InChI is InChI=1S/C18H20Cl2N4O2.ClH/c1-11-7-8-24(12(9-11)10-21)18(25)14-5-6-16(23-22-14)26-15-4-2-3-13(19)17(15)20;/h2-6,11-12H,7-10,21H2,1H3;1H. The first kappa shape index (κ1) is 21.7. The maximum absolute atomic E-state index is 12.7. The number of nitrogens with zero attached hydrogens (tertiary/aromatic N) is 3. The van der Waals surface area contributed by atoms with Crippen LogP contribution in [0.3, 0.4) is 0 Å². The van der Waals surface area contributed by atoms with Crippen molar-refractivity contribution < 1.29 is 9.53 Å². The van der Waals surface area contributed by atoms with E-state index in [1.54, 1.807) is 35.2 Å². The zero-order chi connectivity index (χ0) is 18.7. The third-order valence-corrected chi connectivity index (χ3v) is 5.30. The van der Waals surface area contributed by atoms with Gasteiger partial charge in [0.2, 0.25) is 5.88 Å². The second kappa shape index (κ2) is 9.55. The first-order valence-electron chi connectivity index (χ1n) is 8.46. The number of rotatable bonds is 4. The van der Waals surface area contributed by atoms with E-state index in [4.69, 9.17) is 33.7 Å². The van der Waals surface area contributed by atoms with Gasteiger partial charge in [0.05, 0.1) is 5.02 Å². The molecule has 0 spiro atoms. The molecule has 0 bridgehead atoms. The number of carbonyl (C=O) groups is 1. The molecule has 146 valence electrons. The molecule has 0 aliphatic carbocycles. The molecule has 2 atom stereocenters. The fourth-order valence-electron chi connectivity index (χ4n) is 3.05. The van der Waals surface area contributed by atoms with Crippen molar-refractivity contribution in [2.45, 2.75) is 25.8 Å². The number of halogens is 3. The number of carbonyl (C=O) groups excluding carboxylic acids is 1. The smallest absolute Gasteiger partial charge is 0.274 e. The Morgan fingerprint density at radius 3 is 2.74 bits per heavy atom. The maximum Gasteiger partial charge on any atom is 0.274 e. The van der Waals surface area contributed by atoms with Gasteiger partial charge in [-0.2, -0.15) is 0 Å². The van der Waals surface area contributed by atoms with Crippen molar-refractivity contribution in [2.75, 3.05) is 13.1 Å². The highest BCUT2D eigenvalue weighted by atomic mass is 35.5. The number of hydrogen-bond donors (Lipinski definition) is 1. The monoisotopic (exact) mass is 430 g/mol. The molecule has 1 aromatic carbocycles. The van der Waals surface area contributed by atoms with Crippen LogP contribution < -0.4 is 10.5 Å². The number of ether oxygens (including phenoxy) is 1. The van der Waals surface area contributed by atoms with Gasteiger partial charge in [-0.1, -0.05) is 36.2 Å². The van der Waals surface area contributed by atoms with Gasteiger partial charge < -0.3 is 15.4 Å². The Morgan fingerprint density at radius 2 is 2.07 bits per heavy atom. The summed E-state index contributed by atoms with van der Waals surface area (Å²) in [5, 5.41) is 8.66. The normalized spacial score (nSPS) is 19.3. The summed E-state index contributed by atoms with van der Waals surface area (Å²) in [5.74, 6) is 1.01. The molecule has 0 saturated carbocycles. The number of likely N-dealkylation sites (tertiary alicyclic amines) is 1. The summed E-state index contributed by atoms with van der Waals surface area (Å²) in [4.78, 5) is 14.5. The SMILES string of the molecule is CC1CCN(C(=O)c2ccc(Oc3cccc(Cl)c3Cl)nn2)C(CN)C1.Cl. The summed E-state index contributed by atoms with van der Waals surface area (Å²) in [6.07, 6.45) is 1.87. The van der Waals surface area contributed by atoms with Gasteiger partial charge in [-0.25, -0.2) is 0 Å². The van der Waals surface area contributed by atoms with Gasteiger partial charge in [-0.15, -0.1) is 22.6 Å². The fraction of sp³-hybridized carbons (Fsp3) is 0.389. The van der Waals surface area contributed by atoms with E-state index in [1.165, 1.54) is 0 Å². The number of nitrogens with two attached hydrogens (primary N) is 1. The molecule has 1 aromatic heterocycles. The van der Waals surface area contributed by atoms with Crippen LogP contribution in [0.4, 0.5) is 0 Å². The van der Waals surface area contributed by atoms with Crippen molar-refractivity contribution in [3.05, 3.63) is 46.1 Å². The maximum atomic E-state index is 12.7. The summed E-state index contributed by atoms with van der Waals surface area (Å²) in [7, 11) is 0. The molecule has 2 N–H and O–H groups in total. The van der Waals surface area contributed by atoms with Crippen molar-refractivity contribution >= 4 is 41.5 Å². The number of aromatic nitrogens is 2. The van der Waals surface area contributed by atoms with Crippen molar-refractivity contribution in [1.82, 2.24) is 15.1 Å². The van der Waals surface area contributed by atoms with Crippen LogP contribution in [-0.2, 0) is 0 Å². The zero-order valence-electron chi connectivity index (χ0n) is 14.8. The molecule has 1 aliphatic rings. The zero-order valence-corrected chi connectivity index (χ0v) is 17.1. The quantitative estimate of drug-likeness (QED) is 0.784. The highest BCUT2D eigenvalue weighted by Crippen LogP contribution is 2.34. The van der Waals surface area contributed by atoms with E-state index < -0.39 is 0 Å². The van der Waals surface area contributed by atoms with E-state index >= 15 is 0 Å². The fourth-order valence-corrected chi connectivity index (χ4v) is 3.38. The summed E-state index contributed by atoms with van der Waals surface area (Å²) in [6.45, 7) is 3.30. The average Bonchev–Trinajstić information content (AvgIpc) is 2.65. The topological polar surface area (TPSA) is 81.3 Å². The predicted molar refractivity (Wildman–Crippen MR) is 108 cm³/mol. The van der Waals surface area contributed by atoms with E-state index in [0.29, 0.717) is 34.8 Å². The summed E-state index contributed by atoms with van der Waals surface area (Å²) in [5.41, 5.74) is 6.10. The third-order valence-electron chi connectivity index (χ3n) is 4.50. The lowest BCUT2D eigenvalue weighted by Gasteiger charge is -2.37. The molecule has 27 heavy (non-hydrogen) atoms. The van der Waals surface area contributed by atoms with Crippen LogP contribution in [0.1, 0.15) is 30.3 Å². The molecular weight excluding hydrogens is 411 g/mol. The lowest BCUT2D eigenvalue weighted by Crippen LogP contribution is -2.49. The summed E-state index contributed by atoms with van der Waals surface area (Å²) in [6, 6.07) is 8.28. The molecule has 1 saturated heterocycles. The lowest BCUT2D eigenvalue weighted by molar-refractivity contribution is 0.0566. The summed E-state index contributed by atoms with van der Waals surface area (Å²) >= 11 is 12.1. The first-order chi connectivity index (χ1) is 12.5. The number of hydrogen-bond acceptors (Lipinski definition) is 5. The first-order valence-corrected chi connectivity index (χ1v) is 9.21. The largest absolute Gasteiger partial charge is 0.436 e. The molecule has 2 aromatic rings. The number of piperidine rings is 1. The Labute approximate surface area is 174 Å². The molecular formula is C18H21Cl3N4O2. The third kappa shape index (κ3) is 5.02. The molecule has 2 heterocycles. The molecule has 3 rings (SSSR count). The minimum atomic E-state index is -0.160. The molecule has 6 nitrogen and oxygen atoms in total. The highest BCUT2D eigenvalue weighted by molar-refractivity contribution is 6.42. The van der Waals surface area contributed by atoms with Gasteiger partial charge in [0, 0.05) is 25.2 Å². The van der Waals surface area contributed by atoms with Gasteiger partial charge in [-0.3, -0.25) is 4.79 Å². The van der Waals surface area contributed by atoms with Crippen LogP contribution in [0.15, 0.2) is 30.3 Å². The average molecular weight is 432 g/mol. The Morgan fingerprint density at radius 1 is 1.30 bits per heavy atom. The summed E-state index contributed by atoms with van der Waals surface area (Å²) < 4.78 is 5.59. The van der Waals surface area contributed by atoms with Gasteiger partial charge in [0.1, 0.15) is 10.8 Å².